The number of hydrazone groups is 1. The number of nitrogens with zero attached hydrogens (tertiary/aromatic N) is 4. The van der Waals surface area contributed by atoms with Crippen LogP contribution in [-0.2, 0) is 0 Å². The number of benzene rings is 1. The number of aromatic hydroxyl groups is 2. The summed E-state index contributed by atoms with van der Waals surface area (Å²) in [5, 5.41) is 30.9. The van der Waals surface area contributed by atoms with Gasteiger partial charge in [0.25, 0.3) is 0 Å². The van der Waals surface area contributed by atoms with Crippen LogP contribution < -0.4 is 16.9 Å². The summed E-state index contributed by atoms with van der Waals surface area (Å²) in [6.07, 6.45) is 1.45. The molecule has 126 valence electrons. The second-order valence-electron chi connectivity index (χ2n) is 4.80. The van der Waals surface area contributed by atoms with Crippen LogP contribution >= 0.6 is 11.3 Å². The quantitative estimate of drug-likeness (QED) is 0.312. The Morgan fingerprint density at radius 1 is 1.21 bits per heavy atom. The lowest BCUT2D eigenvalue weighted by Gasteiger charge is -1.98. The number of guanidine groups is 1. The van der Waals surface area contributed by atoms with E-state index in [4.69, 9.17) is 11.5 Å². The molecule has 0 unspecified atom stereocenters. The highest BCUT2D eigenvalue weighted by Crippen LogP contribution is 2.23. The topological polar surface area (TPSA) is 154 Å². The van der Waals surface area contributed by atoms with Gasteiger partial charge in [0.15, 0.2) is 0 Å². The van der Waals surface area contributed by atoms with E-state index in [1.54, 1.807) is 6.92 Å². The Morgan fingerprint density at radius 2 is 1.88 bits per heavy atom. The molecule has 0 aliphatic heterocycles. The molecule has 9 nitrogen and oxygen atoms in total. The first kappa shape index (κ1) is 17.2. The fourth-order valence-corrected chi connectivity index (χ4v) is 2.67. The molecule has 1 heterocycles. The highest BCUT2D eigenvalue weighted by atomic mass is 32.1. The van der Waals surface area contributed by atoms with Crippen LogP contribution in [0, 0.1) is 6.92 Å². The van der Waals surface area contributed by atoms with Crippen molar-refractivity contribution in [3.63, 3.8) is 0 Å². The molecule has 1 aromatic heterocycles. The van der Waals surface area contributed by atoms with Crippen LogP contribution in [0.3, 0.4) is 0 Å². The lowest BCUT2D eigenvalue weighted by Crippen LogP contribution is -2.22. The van der Waals surface area contributed by atoms with Crippen LogP contribution in [0.15, 0.2) is 33.5 Å². The van der Waals surface area contributed by atoms with Gasteiger partial charge in [-0.2, -0.15) is 10.2 Å². The van der Waals surface area contributed by atoms with Gasteiger partial charge in [-0.05, 0) is 26.0 Å². The highest BCUT2D eigenvalue weighted by molar-refractivity contribution is 7.17. The Labute approximate surface area is 142 Å². The van der Waals surface area contributed by atoms with Gasteiger partial charge in [0.1, 0.15) is 11.5 Å². The number of phenols is 2. The van der Waals surface area contributed by atoms with Crippen LogP contribution in [-0.4, -0.2) is 33.1 Å². The molecule has 0 fully saturated rings. The molecule has 0 spiro atoms. The summed E-state index contributed by atoms with van der Waals surface area (Å²) in [5.74, 6) is -0.209. The standard InChI is InChI=1S/C14H17N7O2S/c1-7-12(8(2)19-20-13(15)16)24-14(18-7)21-17-6-9-3-10(22)5-11(23)4-9/h3-6,22-23H,1-2H3,(H,18,21)(H4,15,16,20)/b17-6+,19-8+. The van der Waals surface area contributed by atoms with E-state index < -0.39 is 0 Å². The number of aromatic nitrogens is 1. The highest BCUT2D eigenvalue weighted by Gasteiger charge is 2.10. The maximum atomic E-state index is 9.41. The lowest BCUT2D eigenvalue weighted by atomic mass is 10.2. The van der Waals surface area contributed by atoms with Gasteiger partial charge in [-0.3, -0.25) is 5.43 Å². The summed E-state index contributed by atoms with van der Waals surface area (Å²) in [4.78, 5) is 5.15. The predicted octanol–water partition coefficient (Wildman–Crippen LogP) is 1.31. The average molecular weight is 347 g/mol. The van der Waals surface area contributed by atoms with E-state index in [0.29, 0.717) is 16.4 Å². The van der Waals surface area contributed by atoms with Gasteiger partial charge in [-0.1, -0.05) is 11.3 Å². The monoisotopic (exact) mass is 347 g/mol. The summed E-state index contributed by atoms with van der Waals surface area (Å²) in [5.41, 5.74) is 15.2. The van der Waals surface area contributed by atoms with Crippen molar-refractivity contribution in [1.29, 1.82) is 0 Å². The molecule has 10 heteroatoms. The van der Waals surface area contributed by atoms with E-state index in [0.717, 1.165) is 10.6 Å². The normalized spacial score (nSPS) is 11.7. The number of nitrogens with two attached hydrogens (primary N) is 2. The van der Waals surface area contributed by atoms with E-state index in [-0.39, 0.29) is 17.5 Å². The predicted molar refractivity (Wildman–Crippen MR) is 95.9 cm³/mol. The molecule has 0 atom stereocenters. The minimum Gasteiger partial charge on any atom is -0.508 e. The van der Waals surface area contributed by atoms with Crippen molar-refractivity contribution in [2.24, 2.45) is 26.8 Å². The fourth-order valence-electron chi connectivity index (χ4n) is 1.81. The minimum absolute atomic E-state index is 0.0459. The average Bonchev–Trinajstić information content (AvgIpc) is 2.85. The van der Waals surface area contributed by atoms with Gasteiger partial charge >= 0.3 is 0 Å². The summed E-state index contributed by atoms with van der Waals surface area (Å²) in [6, 6.07) is 4.17. The number of nitrogens with one attached hydrogen (secondary N) is 1. The molecule has 24 heavy (non-hydrogen) atoms. The van der Waals surface area contributed by atoms with Crippen molar-refractivity contribution in [3.05, 3.63) is 34.3 Å². The molecule has 0 saturated heterocycles. The van der Waals surface area contributed by atoms with Crippen molar-refractivity contribution in [1.82, 2.24) is 4.98 Å². The zero-order valence-corrected chi connectivity index (χ0v) is 13.9. The first-order valence-corrected chi connectivity index (χ1v) is 7.60. The number of phenolic OH excluding ortho intramolecular Hbond substituents is 2. The summed E-state index contributed by atoms with van der Waals surface area (Å²) < 4.78 is 0. The zero-order valence-electron chi connectivity index (χ0n) is 13.1. The van der Waals surface area contributed by atoms with E-state index in [9.17, 15) is 10.2 Å². The third kappa shape index (κ3) is 4.68. The lowest BCUT2D eigenvalue weighted by molar-refractivity contribution is 0.450. The van der Waals surface area contributed by atoms with Crippen molar-refractivity contribution in [2.45, 2.75) is 13.8 Å². The molecule has 0 bridgehead atoms. The molecule has 7 N–H and O–H groups in total. The SMILES string of the molecule is C/C(=N\N=C(N)N)c1sc(N/N=C/c2cc(O)cc(O)c2)nc1C. The van der Waals surface area contributed by atoms with Crippen LogP contribution in [0.2, 0.25) is 0 Å². The van der Waals surface area contributed by atoms with Crippen LogP contribution in [0.25, 0.3) is 0 Å². The van der Waals surface area contributed by atoms with Gasteiger partial charge in [0.2, 0.25) is 11.1 Å². The third-order valence-corrected chi connectivity index (χ3v) is 3.91. The van der Waals surface area contributed by atoms with Gasteiger partial charge in [0.05, 0.1) is 22.5 Å². The van der Waals surface area contributed by atoms with Crippen molar-refractivity contribution < 1.29 is 10.2 Å². The Balaban J connectivity index is 2.11. The van der Waals surface area contributed by atoms with E-state index in [1.165, 1.54) is 35.8 Å². The molecule has 0 aliphatic rings. The number of anilines is 1. The first-order chi connectivity index (χ1) is 11.3. The minimum atomic E-state index is -0.117. The first-order valence-electron chi connectivity index (χ1n) is 6.78. The van der Waals surface area contributed by atoms with E-state index >= 15 is 0 Å². The van der Waals surface area contributed by atoms with Gasteiger partial charge in [-0.15, -0.1) is 5.10 Å². The molecule has 0 amide bonds. The third-order valence-electron chi connectivity index (χ3n) is 2.74. The van der Waals surface area contributed by atoms with E-state index in [2.05, 4.69) is 25.7 Å². The number of rotatable bonds is 5. The molecule has 0 radical (unpaired) electrons. The smallest absolute Gasteiger partial charge is 0.211 e. The van der Waals surface area contributed by atoms with Gasteiger partial charge in [-0.25, -0.2) is 4.98 Å². The Bertz CT molecular complexity index is 802. The van der Waals surface area contributed by atoms with Gasteiger partial charge < -0.3 is 21.7 Å². The number of aryl methyl sites for hydroxylation is 1. The van der Waals surface area contributed by atoms with Crippen LogP contribution in [0.4, 0.5) is 5.13 Å². The Morgan fingerprint density at radius 3 is 2.50 bits per heavy atom. The molecule has 0 saturated carbocycles. The van der Waals surface area contributed by atoms with Crippen LogP contribution in [0.1, 0.15) is 23.1 Å². The van der Waals surface area contributed by atoms with Crippen LogP contribution in [0.5, 0.6) is 11.5 Å². The maximum Gasteiger partial charge on any atom is 0.211 e. The molecule has 1 aromatic carbocycles. The second kappa shape index (κ2) is 7.42. The maximum absolute atomic E-state index is 9.41. The number of hydrogen-bond acceptors (Lipinski definition) is 8. The largest absolute Gasteiger partial charge is 0.508 e. The summed E-state index contributed by atoms with van der Waals surface area (Å²) in [7, 11) is 0. The van der Waals surface area contributed by atoms with Crippen molar-refractivity contribution in [3.8, 4) is 11.5 Å². The summed E-state index contributed by atoms with van der Waals surface area (Å²) in [6.45, 7) is 3.61. The van der Waals surface area contributed by atoms with Crippen molar-refractivity contribution >= 4 is 34.4 Å². The number of thiazole rings is 1. The Kier molecular flexibility index (Phi) is 5.32. The van der Waals surface area contributed by atoms with E-state index in [1.807, 2.05) is 6.92 Å². The van der Waals surface area contributed by atoms with Gasteiger partial charge in [0, 0.05) is 11.6 Å². The molecular formula is C14H17N7O2S. The second-order valence-corrected chi connectivity index (χ2v) is 5.80. The molecule has 0 aliphatic carbocycles. The molecular weight excluding hydrogens is 330 g/mol. The molecule has 2 aromatic rings. The fraction of sp³-hybridized carbons (Fsp3) is 0.143. The molecule has 2 rings (SSSR count). The number of hydrogen-bond donors (Lipinski definition) is 5. The zero-order chi connectivity index (χ0) is 17.7. The summed E-state index contributed by atoms with van der Waals surface area (Å²) >= 11 is 1.34. The Hall–Kier alpha value is -3.14. The van der Waals surface area contributed by atoms with Crippen molar-refractivity contribution in [2.75, 3.05) is 5.43 Å².